The van der Waals surface area contributed by atoms with Gasteiger partial charge in [-0.1, -0.05) is 18.2 Å². The molecule has 0 unspecified atom stereocenters. The van der Waals surface area contributed by atoms with Gasteiger partial charge in [0, 0.05) is 5.56 Å². The van der Waals surface area contributed by atoms with Crippen molar-refractivity contribution >= 4 is 0 Å². The summed E-state index contributed by atoms with van der Waals surface area (Å²) < 4.78 is 24.5. The molecule has 0 fully saturated rings. The minimum atomic E-state index is -2.48. The van der Waals surface area contributed by atoms with Gasteiger partial charge in [0.15, 0.2) is 0 Å². The van der Waals surface area contributed by atoms with E-state index in [-0.39, 0.29) is 5.56 Å². The summed E-state index contributed by atoms with van der Waals surface area (Å²) in [6.07, 6.45) is -2.48. The summed E-state index contributed by atoms with van der Waals surface area (Å²) in [6.45, 7) is 3.13. The van der Waals surface area contributed by atoms with E-state index in [1.54, 1.807) is 19.9 Å². The number of hydrogen-bond acceptors (Lipinski definition) is 1. The van der Waals surface area contributed by atoms with Crippen molar-refractivity contribution in [3.05, 3.63) is 35.4 Å². The predicted molar refractivity (Wildman–Crippen MR) is 46.6 cm³/mol. The van der Waals surface area contributed by atoms with Crippen molar-refractivity contribution in [2.75, 3.05) is 0 Å². The summed E-state index contributed by atoms with van der Waals surface area (Å²) in [5.41, 5.74) is -0.616. The zero-order chi connectivity index (χ0) is 10.1. The van der Waals surface area contributed by atoms with Crippen LogP contribution in [0.25, 0.3) is 0 Å². The van der Waals surface area contributed by atoms with Gasteiger partial charge in [-0.15, -0.1) is 0 Å². The molecule has 0 saturated heterocycles. The van der Waals surface area contributed by atoms with Crippen LogP contribution in [0.5, 0.6) is 0 Å². The van der Waals surface area contributed by atoms with Gasteiger partial charge < -0.3 is 5.11 Å². The zero-order valence-corrected chi connectivity index (χ0v) is 7.59. The quantitative estimate of drug-likeness (QED) is 0.753. The lowest BCUT2D eigenvalue weighted by Gasteiger charge is -2.18. The summed E-state index contributed by atoms with van der Waals surface area (Å²) >= 11 is 0. The lowest BCUT2D eigenvalue weighted by atomic mass is 9.97. The van der Waals surface area contributed by atoms with Crippen LogP contribution < -0.4 is 0 Å². The van der Waals surface area contributed by atoms with E-state index in [0.29, 0.717) is 5.56 Å². The first-order valence-electron chi connectivity index (χ1n) is 4.02. The van der Waals surface area contributed by atoms with Crippen molar-refractivity contribution in [1.29, 1.82) is 0 Å². The van der Waals surface area contributed by atoms with Crippen LogP contribution in [0.15, 0.2) is 24.3 Å². The topological polar surface area (TPSA) is 20.2 Å². The average Bonchev–Trinajstić information content (AvgIpc) is 2.03. The van der Waals surface area contributed by atoms with Crippen LogP contribution in [-0.2, 0) is 5.60 Å². The average molecular weight is 186 g/mol. The molecule has 1 aromatic carbocycles. The fourth-order valence-electron chi connectivity index (χ4n) is 1.05. The van der Waals surface area contributed by atoms with E-state index < -0.39 is 12.0 Å². The van der Waals surface area contributed by atoms with Crippen LogP contribution in [0.2, 0.25) is 0 Å². The molecule has 0 radical (unpaired) electrons. The molecular formula is C10H12F2O. The number of aliphatic hydroxyl groups is 1. The third kappa shape index (κ3) is 2.49. The summed E-state index contributed by atoms with van der Waals surface area (Å²) in [5.74, 6) is 0. The Kier molecular flexibility index (Phi) is 2.66. The van der Waals surface area contributed by atoms with Gasteiger partial charge in [0.05, 0.1) is 5.60 Å². The number of alkyl halides is 2. The number of hydrogen-bond donors (Lipinski definition) is 1. The minimum Gasteiger partial charge on any atom is -0.386 e. The van der Waals surface area contributed by atoms with E-state index in [1.807, 2.05) is 0 Å². The van der Waals surface area contributed by atoms with Crippen LogP contribution in [-0.4, -0.2) is 5.11 Å². The van der Waals surface area contributed by atoms with Crippen molar-refractivity contribution in [2.45, 2.75) is 25.9 Å². The van der Waals surface area contributed by atoms with Gasteiger partial charge in [0.25, 0.3) is 6.43 Å². The maximum atomic E-state index is 12.3. The normalized spacial score (nSPS) is 12.2. The van der Waals surface area contributed by atoms with E-state index in [4.69, 9.17) is 0 Å². The molecule has 0 bridgehead atoms. The van der Waals surface area contributed by atoms with Crippen molar-refractivity contribution in [2.24, 2.45) is 0 Å². The third-order valence-corrected chi connectivity index (χ3v) is 1.85. The molecule has 0 saturated carbocycles. The maximum absolute atomic E-state index is 12.3. The van der Waals surface area contributed by atoms with Gasteiger partial charge in [-0.25, -0.2) is 8.78 Å². The standard InChI is InChI=1S/C10H12F2O/c1-10(2,13)8-5-3-4-7(6-8)9(11)12/h3-6,9,13H,1-2H3. The Bertz CT molecular complexity index is 289. The number of rotatable bonds is 2. The lowest BCUT2D eigenvalue weighted by Crippen LogP contribution is -2.15. The molecule has 0 aromatic heterocycles. The van der Waals surface area contributed by atoms with Crippen LogP contribution in [0.4, 0.5) is 8.78 Å². The summed E-state index contributed by atoms with van der Waals surface area (Å²) in [5, 5.41) is 9.55. The molecule has 1 aromatic rings. The van der Waals surface area contributed by atoms with Crippen molar-refractivity contribution in [1.82, 2.24) is 0 Å². The van der Waals surface area contributed by atoms with E-state index >= 15 is 0 Å². The highest BCUT2D eigenvalue weighted by Crippen LogP contribution is 2.25. The van der Waals surface area contributed by atoms with E-state index in [9.17, 15) is 13.9 Å². The Balaban J connectivity index is 3.06. The van der Waals surface area contributed by atoms with Crippen molar-refractivity contribution < 1.29 is 13.9 Å². The molecule has 0 atom stereocenters. The van der Waals surface area contributed by atoms with E-state index in [0.717, 1.165) is 0 Å². The summed E-state index contributed by atoms with van der Waals surface area (Å²) in [7, 11) is 0. The first-order chi connectivity index (χ1) is 5.91. The SMILES string of the molecule is CC(C)(O)c1cccc(C(F)F)c1. The zero-order valence-electron chi connectivity index (χ0n) is 7.59. The molecule has 1 rings (SSSR count). The Labute approximate surface area is 76.0 Å². The van der Waals surface area contributed by atoms with Crippen LogP contribution in [0.1, 0.15) is 31.4 Å². The molecule has 0 amide bonds. The smallest absolute Gasteiger partial charge is 0.263 e. The highest BCUT2D eigenvalue weighted by Gasteiger charge is 2.17. The molecule has 72 valence electrons. The Hall–Kier alpha value is -0.960. The van der Waals surface area contributed by atoms with Crippen LogP contribution in [0, 0.1) is 0 Å². The molecule has 0 aliphatic rings. The van der Waals surface area contributed by atoms with Gasteiger partial charge in [0.2, 0.25) is 0 Å². The second kappa shape index (κ2) is 3.42. The van der Waals surface area contributed by atoms with Gasteiger partial charge in [-0.3, -0.25) is 0 Å². The van der Waals surface area contributed by atoms with E-state index in [1.165, 1.54) is 18.2 Å². The number of benzene rings is 1. The molecule has 0 aliphatic heterocycles. The molecule has 3 heteroatoms. The largest absolute Gasteiger partial charge is 0.386 e. The van der Waals surface area contributed by atoms with Crippen molar-refractivity contribution in [3.8, 4) is 0 Å². The molecule has 1 N–H and O–H groups in total. The highest BCUT2D eigenvalue weighted by molar-refractivity contribution is 5.27. The lowest BCUT2D eigenvalue weighted by molar-refractivity contribution is 0.0779. The first kappa shape index (κ1) is 10.1. The Morgan fingerprint density at radius 2 is 1.92 bits per heavy atom. The summed E-state index contributed by atoms with van der Waals surface area (Å²) in [4.78, 5) is 0. The second-order valence-electron chi connectivity index (χ2n) is 3.49. The summed E-state index contributed by atoms with van der Waals surface area (Å²) in [6, 6.07) is 5.82. The van der Waals surface area contributed by atoms with Crippen LogP contribution in [0.3, 0.4) is 0 Å². The fraction of sp³-hybridized carbons (Fsp3) is 0.400. The Morgan fingerprint density at radius 3 is 2.38 bits per heavy atom. The van der Waals surface area contributed by atoms with Gasteiger partial charge in [0.1, 0.15) is 0 Å². The van der Waals surface area contributed by atoms with Gasteiger partial charge >= 0.3 is 0 Å². The maximum Gasteiger partial charge on any atom is 0.263 e. The predicted octanol–water partition coefficient (Wildman–Crippen LogP) is 2.85. The highest BCUT2D eigenvalue weighted by atomic mass is 19.3. The van der Waals surface area contributed by atoms with E-state index in [2.05, 4.69) is 0 Å². The van der Waals surface area contributed by atoms with Crippen LogP contribution >= 0.6 is 0 Å². The molecule has 0 spiro atoms. The fourth-order valence-corrected chi connectivity index (χ4v) is 1.05. The molecule has 0 aliphatic carbocycles. The first-order valence-corrected chi connectivity index (χ1v) is 4.02. The Morgan fingerprint density at radius 1 is 1.31 bits per heavy atom. The monoisotopic (exact) mass is 186 g/mol. The molecule has 13 heavy (non-hydrogen) atoms. The minimum absolute atomic E-state index is 0.0559. The molecule has 0 heterocycles. The van der Waals surface area contributed by atoms with Gasteiger partial charge in [-0.2, -0.15) is 0 Å². The molecular weight excluding hydrogens is 174 g/mol. The van der Waals surface area contributed by atoms with Crippen molar-refractivity contribution in [3.63, 3.8) is 0 Å². The molecule has 1 nitrogen and oxygen atoms in total. The third-order valence-electron chi connectivity index (χ3n) is 1.85. The second-order valence-corrected chi connectivity index (χ2v) is 3.49. The number of halogens is 2. The van der Waals surface area contributed by atoms with Gasteiger partial charge in [-0.05, 0) is 25.5 Å².